The lowest BCUT2D eigenvalue weighted by molar-refractivity contribution is 0.112. The van der Waals surface area contributed by atoms with Crippen LogP contribution in [-0.2, 0) is 0 Å². The number of alkyl halides is 4. The number of benzene rings is 9. The number of carbonyl (C=O) groups excluding carboxylic acids is 1. The molecule has 9 aromatic carbocycles. The van der Waals surface area contributed by atoms with Gasteiger partial charge in [0.2, 0.25) is 0 Å². The molecule has 7 aromatic heterocycles. The van der Waals surface area contributed by atoms with Crippen molar-refractivity contribution in [1.29, 1.82) is 0 Å². The summed E-state index contributed by atoms with van der Waals surface area (Å²) in [7, 11) is 4.96. The van der Waals surface area contributed by atoms with Crippen molar-refractivity contribution in [2.24, 2.45) is 0 Å². The Labute approximate surface area is 815 Å². The number of fused-ring (bicyclic) bond motifs is 16. The fourth-order valence-electron chi connectivity index (χ4n) is 15.9. The van der Waals surface area contributed by atoms with Gasteiger partial charge in [0, 0.05) is 145 Å². The van der Waals surface area contributed by atoms with Crippen LogP contribution < -0.4 is 14.2 Å². The van der Waals surface area contributed by atoms with Crippen LogP contribution in [0.3, 0.4) is 0 Å². The Morgan fingerprint density at radius 1 is 0.303 bits per heavy atom. The lowest BCUT2D eigenvalue weighted by Gasteiger charge is -2.11. The number of phenolic OH excluding ortho intramolecular Hbond substituents is 4. The highest BCUT2D eigenvalue weighted by molar-refractivity contribution is 9.69. The number of aromatic hydroxyl groups is 4. The number of hydrogen-bond donors (Lipinski definition) is 9. The average molecular weight is 2110 g/mol. The smallest absolute Gasteiger partial charge is 0.369 e. The Balaban J connectivity index is 0.000000167. The van der Waals surface area contributed by atoms with Crippen LogP contribution in [0.1, 0.15) is 67.0 Å². The molecular formula is C107H87BBr5Cl2N9O8. The molecule has 0 fully saturated rings. The van der Waals surface area contributed by atoms with Gasteiger partial charge in [-0.3, -0.25) is 4.79 Å². The number of rotatable bonds is 13. The number of phenols is 4. The summed E-state index contributed by atoms with van der Waals surface area (Å²) >= 11 is 25.2. The van der Waals surface area contributed by atoms with Crippen LogP contribution in [0, 0.1) is 13.8 Å². The van der Waals surface area contributed by atoms with E-state index in [9.17, 15) is 25.2 Å². The molecule has 0 unspecified atom stereocenters. The maximum Gasteiger partial charge on any atom is 0.369 e. The van der Waals surface area contributed by atoms with Gasteiger partial charge in [0.25, 0.3) is 0 Å². The summed E-state index contributed by atoms with van der Waals surface area (Å²) in [6.07, 6.45) is 20.6. The van der Waals surface area contributed by atoms with Crippen LogP contribution >= 0.6 is 102 Å². The molecule has 20 rings (SSSR count). The van der Waals surface area contributed by atoms with Gasteiger partial charge in [0.1, 0.15) is 40.2 Å². The number of nitrogens with zero attached hydrogens (tertiary/aromatic N) is 4. The number of carbonyl (C=O) groups is 1. The SMILES string of the molecule is BrB(Br)Br.BrCCBr.COc1ccccc1-c1c2nc(c(-c3ccccc3OC)c3ccc([nH]3)c(-c3ccccc3C)c3nc(c(-c4ccccc4C)c4ccc1[nH]4)C=C3)C=C2.COc1ccccc1C=O.ClCCl.Oc1ccccc1-c1c2nc(c(-c3ccccc3O)c3ccc([nH]3)c(-c3ccccc3O)c3nc(c(-c4ccccc4O)c4ccc1[nH]4)C=C3)C=C2.c1cc[nH]c1. The highest BCUT2D eigenvalue weighted by Crippen LogP contribution is 2.47. The van der Waals surface area contributed by atoms with Crippen molar-refractivity contribution < 1.29 is 39.4 Å². The first kappa shape index (κ1) is 94.9. The number of aromatic nitrogens is 9. The van der Waals surface area contributed by atoms with Gasteiger partial charge in [0.15, 0.2) is 6.29 Å². The fourth-order valence-corrected chi connectivity index (χ4v) is 15.9. The molecule has 0 amide bonds. The molecule has 9 N–H and O–H groups in total. The Hall–Kier alpha value is -13.2. The van der Waals surface area contributed by atoms with E-state index in [0.717, 1.165) is 129 Å². The molecule has 0 aliphatic carbocycles. The molecule has 0 spiro atoms. The fraction of sp³-hybridized carbons (Fsp3) is 0.0748. The zero-order chi connectivity index (χ0) is 92.7. The first-order valence-electron chi connectivity index (χ1n) is 41.6. The van der Waals surface area contributed by atoms with E-state index in [4.69, 9.17) is 57.3 Å². The van der Waals surface area contributed by atoms with Crippen LogP contribution in [0.4, 0.5) is 0 Å². The number of H-pyrrole nitrogens is 5. The summed E-state index contributed by atoms with van der Waals surface area (Å²) in [5.41, 5.74) is 28.1. The monoisotopic (exact) mass is 2100 g/mol. The maximum atomic E-state index is 11.2. The summed E-state index contributed by atoms with van der Waals surface area (Å²) in [6.45, 7) is 4.30. The minimum absolute atomic E-state index is 0.0889. The lowest BCUT2D eigenvalue weighted by Crippen LogP contribution is -1.93. The third-order valence-corrected chi connectivity index (χ3v) is 23.5. The van der Waals surface area contributed by atoms with Crippen LogP contribution in [0.25, 0.3) is 182 Å². The molecule has 16 aromatic rings. The van der Waals surface area contributed by atoms with E-state index in [1.807, 2.05) is 164 Å². The molecule has 0 atom stereocenters. The van der Waals surface area contributed by atoms with E-state index in [1.54, 1.807) is 88.1 Å². The normalized spacial score (nSPS) is 11.2. The number of aldehydes is 1. The topological polar surface area (TPSA) is 256 Å². The van der Waals surface area contributed by atoms with Gasteiger partial charge in [0.05, 0.1) is 77.8 Å². The van der Waals surface area contributed by atoms with Crippen LogP contribution in [0.15, 0.2) is 291 Å². The van der Waals surface area contributed by atoms with Crippen molar-refractivity contribution in [3.05, 3.63) is 354 Å². The van der Waals surface area contributed by atoms with Crippen molar-refractivity contribution in [2.45, 2.75) is 13.8 Å². The molecule has 0 saturated carbocycles. The van der Waals surface area contributed by atoms with Crippen LogP contribution in [-0.4, -0.2) is 112 Å². The Bertz CT molecular complexity index is 6770. The summed E-state index contributed by atoms with van der Waals surface area (Å²) in [6, 6.07) is 88.9. The first-order chi connectivity index (χ1) is 64.4. The predicted molar refractivity (Wildman–Crippen MR) is 566 cm³/mol. The minimum atomic E-state index is 0.0889. The zero-order valence-corrected chi connectivity index (χ0v) is 81.4. The first-order valence-corrected chi connectivity index (χ1v) is 47.6. The Morgan fingerprint density at radius 3 is 0.720 bits per heavy atom. The highest BCUT2D eigenvalue weighted by atomic mass is 79.9. The maximum absolute atomic E-state index is 11.2. The van der Waals surface area contributed by atoms with E-state index in [1.165, 1.54) is 0 Å². The molecule has 16 bridgehead atoms. The lowest BCUT2D eigenvalue weighted by atomic mass is 9.99. The molecule has 4 aliphatic heterocycles. The molecule has 132 heavy (non-hydrogen) atoms. The van der Waals surface area contributed by atoms with Gasteiger partial charge < -0.3 is 59.6 Å². The predicted octanol–water partition coefficient (Wildman–Crippen LogP) is 30.0. The van der Waals surface area contributed by atoms with Crippen LogP contribution in [0.5, 0.6) is 40.2 Å². The average Bonchev–Trinajstić information content (AvgIpc) is 1.61. The third-order valence-electron chi connectivity index (χ3n) is 21.6. The molecule has 0 saturated heterocycles. The largest absolute Gasteiger partial charge is 0.507 e. The summed E-state index contributed by atoms with van der Waals surface area (Å²) in [4.78, 5) is 49.2. The summed E-state index contributed by atoms with van der Waals surface area (Å²) < 4.78 is 17.1. The molecular weight excluding hydrogens is 2020 g/mol. The Kier molecular flexibility index (Phi) is 32.7. The quantitative estimate of drug-likeness (QED) is 0.0297. The van der Waals surface area contributed by atoms with Crippen molar-refractivity contribution in [3.63, 3.8) is 0 Å². The van der Waals surface area contributed by atoms with Crippen molar-refractivity contribution >= 4 is 205 Å². The van der Waals surface area contributed by atoms with E-state index in [-0.39, 0.29) is 31.5 Å². The second-order valence-corrected chi connectivity index (χ2v) is 38.4. The van der Waals surface area contributed by atoms with Gasteiger partial charge >= 0.3 is 3.18 Å². The number of ether oxygens (including phenoxy) is 3. The highest BCUT2D eigenvalue weighted by Gasteiger charge is 2.26. The third kappa shape index (κ3) is 21.8. The molecule has 11 heterocycles. The molecule has 0 radical (unpaired) electrons. The summed E-state index contributed by atoms with van der Waals surface area (Å²) in [5.74, 6) is 2.50. The summed E-state index contributed by atoms with van der Waals surface area (Å²) in [5, 5.41) is 47.0. The Morgan fingerprint density at radius 2 is 0.508 bits per heavy atom. The molecule has 4 aliphatic rings. The van der Waals surface area contributed by atoms with E-state index >= 15 is 0 Å². The second kappa shape index (κ2) is 45.5. The van der Waals surface area contributed by atoms with Gasteiger partial charge in [-0.15, -0.1) is 70.5 Å². The number of nitrogens with one attached hydrogen (secondary N) is 5. The number of aryl methyl sites for hydroxylation is 2. The van der Waals surface area contributed by atoms with Gasteiger partial charge in [-0.1, -0.05) is 202 Å². The van der Waals surface area contributed by atoms with E-state index < -0.39 is 0 Å². The number of halogens is 7. The number of methoxy groups -OCH3 is 3. The second-order valence-electron chi connectivity index (χ2n) is 29.6. The van der Waals surface area contributed by atoms with Crippen molar-refractivity contribution in [3.8, 4) is 129 Å². The molecule has 660 valence electrons. The van der Waals surface area contributed by atoms with Gasteiger partial charge in [-0.25, -0.2) is 19.9 Å². The van der Waals surface area contributed by atoms with E-state index in [0.29, 0.717) is 101 Å². The number of hydrogen-bond acceptors (Lipinski definition) is 12. The van der Waals surface area contributed by atoms with Crippen molar-refractivity contribution in [1.82, 2.24) is 44.9 Å². The number of aromatic amines is 5. The van der Waals surface area contributed by atoms with Crippen LogP contribution in [0.2, 0.25) is 0 Å². The van der Waals surface area contributed by atoms with E-state index in [2.05, 4.69) is 227 Å². The molecule has 25 heteroatoms. The van der Waals surface area contributed by atoms with Gasteiger partial charge in [-0.2, -0.15) is 0 Å². The standard InChI is InChI=1S/C48H38N4O2.C44H30N4O4.C8H8O2.C4H5N.C2H4Br2.CH2Cl2.BBr3/c1-29-13-5-7-15-31(29)45-35-21-22-36(49-35)46(32-16-8-6-14-30(32)2)38-24-26-40(51-38)48(34-18-10-12-20-44(34)54-4)42-28-27-41(52-42)47(39-25-23-37(45)50-39)33-17-9-11-19-43(33)53-3;49-37-13-5-1-9-25(37)41-29-17-19-31(45-29)42(26-10-2-6-14-38(26)50)33-21-23-35(47-33)44(28-12-4-8-16-40(28)52)36-24-22-34(48-36)43(32-20-18-30(41)46-32)27-11-3-7-15-39(27)51;1-10-8-5-3-2-4-7(8)6-9;1-2-4-5-3-1;3-1-2-4;2-1-3;2-1(3)4/h5-28,50-51H,1-4H3;1-24,45,48-52H;2-6H,1H3;1-5H;1-2H2;1H2;. The minimum Gasteiger partial charge on any atom is -0.507 e. The number of para-hydroxylation sites is 7. The molecule has 17 nitrogen and oxygen atoms in total. The van der Waals surface area contributed by atoms with Crippen molar-refractivity contribution in [2.75, 3.05) is 37.3 Å². The zero-order valence-electron chi connectivity index (χ0n) is 72.0. The van der Waals surface area contributed by atoms with Gasteiger partial charge in [-0.05, 0) is 194 Å².